The SMILES string of the molecule is O=C1OC(/C=C/c2ccc(Cl)cc2)=NC1=Cc1ccc([N+](=O)[O-])cc1. The quantitative estimate of drug-likeness (QED) is 0.355. The molecule has 0 radical (unpaired) electrons. The van der Waals surface area contributed by atoms with Gasteiger partial charge in [-0.15, -0.1) is 0 Å². The molecule has 0 atom stereocenters. The predicted octanol–water partition coefficient (Wildman–Crippen LogP) is 4.26. The lowest BCUT2D eigenvalue weighted by molar-refractivity contribution is -0.384. The number of esters is 1. The van der Waals surface area contributed by atoms with Gasteiger partial charge in [-0.05, 0) is 47.5 Å². The molecular weight excluding hydrogens is 344 g/mol. The highest BCUT2D eigenvalue weighted by Crippen LogP contribution is 2.19. The van der Waals surface area contributed by atoms with Crippen LogP contribution in [0.15, 0.2) is 65.3 Å². The van der Waals surface area contributed by atoms with Gasteiger partial charge in [-0.2, -0.15) is 0 Å². The number of benzene rings is 2. The number of halogens is 1. The van der Waals surface area contributed by atoms with Crippen LogP contribution in [0.3, 0.4) is 0 Å². The molecule has 1 aliphatic heterocycles. The highest BCUT2D eigenvalue weighted by Gasteiger charge is 2.21. The van der Waals surface area contributed by atoms with Crippen molar-refractivity contribution in [2.24, 2.45) is 4.99 Å². The molecule has 1 heterocycles. The maximum Gasteiger partial charge on any atom is 0.363 e. The van der Waals surface area contributed by atoms with E-state index in [1.807, 2.05) is 12.1 Å². The number of nitro benzene ring substituents is 1. The molecule has 0 N–H and O–H groups in total. The normalized spacial score (nSPS) is 15.5. The molecule has 0 amide bonds. The van der Waals surface area contributed by atoms with E-state index >= 15 is 0 Å². The lowest BCUT2D eigenvalue weighted by Crippen LogP contribution is -2.01. The van der Waals surface area contributed by atoms with Crippen LogP contribution in [-0.2, 0) is 9.53 Å². The summed E-state index contributed by atoms with van der Waals surface area (Å²) in [7, 11) is 0. The van der Waals surface area contributed by atoms with E-state index in [-0.39, 0.29) is 17.3 Å². The van der Waals surface area contributed by atoms with Gasteiger partial charge in [0.05, 0.1) is 4.92 Å². The van der Waals surface area contributed by atoms with Gasteiger partial charge in [0.2, 0.25) is 5.90 Å². The van der Waals surface area contributed by atoms with Gasteiger partial charge in [0.15, 0.2) is 5.70 Å². The molecular formula is C18H11ClN2O4. The van der Waals surface area contributed by atoms with Crippen molar-refractivity contribution in [1.29, 1.82) is 0 Å². The monoisotopic (exact) mass is 354 g/mol. The first-order valence-corrected chi connectivity index (χ1v) is 7.60. The van der Waals surface area contributed by atoms with Crippen molar-refractivity contribution in [3.63, 3.8) is 0 Å². The molecule has 0 saturated carbocycles. The Morgan fingerprint density at radius 3 is 2.28 bits per heavy atom. The molecule has 6 nitrogen and oxygen atoms in total. The summed E-state index contributed by atoms with van der Waals surface area (Å²) in [6.07, 6.45) is 4.84. The lowest BCUT2D eigenvalue weighted by Gasteiger charge is -1.94. The Morgan fingerprint density at radius 2 is 1.64 bits per heavy atom. The molecule has 0 spiro atoms. The number of rotatable bonds is 4. The largest absolute Gasteiger partial charge is 0.403 e. The van der Waals surface area contributed by atoms with Crippen molar-refractivity contribution in [1.82, 2.24) is 0 Å². The second-order valence-corrected chi connectivity index (χ2v) is 5.54. The molecule has 3 rings (SSSR count). The molecule has 124 valence electrons. The third-order valence-electron chi connectivity index (χ3n) is 3.33. The summed E-state index contributed by atoms with van der Waals surface area (Å²) >= 11 is 5.82. The van der Waals surface area contributed by atoms with Gasteiger partial charge in [-0.1, -0.05) is 23.7 Å². The zero-order chi connectivity index (χ0) is 17.8. The number of carbonyl (C=O) groups is 1. The van der Waals surface area contributed by atoms with E-state index in [4.69, 9.17) is 16.3 Å². The molecule has 0 bridgehead atoms. The third-order valence-corrected chi connectivity index (χ3v) is 3.58. The van der Waals surface area contributed by atoms with E-state index in [9.17, 15) is 14.9 Å². The minimum atomic E-state index is -0.575. The molecule has 7 heteroatoms. The second-order valence-electron chi connectivity index (χ2n) is 5.10. The van der Waals surface area contributed by atoms with Crippen LogP contribution in [0.1, 0.15) is 11.1 Å². The van der Waals surface area contributed by atoms with Crippen LogP contribution in [0.25, 0.3) is 12.2 Å². The van der Waals surface area contributed by atoms with Gasteiger partial charge in [-0.3, -0.25) is 10.1 Å². The molecule has 2 aromatic rings. The summed E-state index contributed by atoms with van der Waals surface area (Å²) in [5.74, 6) is -0.401. The standard InChI is InChI=1S/C18H11ClN2O4/c19-14-6-1-12(2-7-14)5-10-17-20-16(18(22)25-17)11-13-3-8-15(9-4-13)21(23)24/h1-11H/b10-5+,16-11?. The molecule has 0 aliphatic carbocycles. The van der Waals surface area contributed by atoms with Crippen LogP contribution in [0.4, 0.5) is 5.69 Å². The third kappa shape index (κ3) is 4.19. The maximum atomic E-state index is 11.9. The predicted molar refractivity (Wildman–Crippen MR) is 95.1 cm³/mol. The molecule has 1 aliphatic rings. The van der Waals surface area contributed by atoms with E-state index in [0.29, 0.717) is 10.6 Å². The zero-order valence-corrected chi connectivity index (χ0v) is 13.5. The fourth-order valence-corrected chi connectivity index (χ4v) is 2.21. The summed E-state index contributed by atoms with van der Waals surface area (Å²) < 4.78 is 5.08. The number of nitro groups is 1. The Morgan fingerprint density at radius 1 is 1.00 bits per heavy atom. The Balaban J connectivity index is 1.77. The van der Waals surface area contributed by atoms with Crippen LogP contribution >= 0.6 is 11.6 Å². The first-order valence-electron chi connectivity index (χ1n) is 7.22. The van der Waals surface area contributed by atoms with E-state index in [1.165, 1.54) is 30.3 Å². The van der Waals surface area contributed by atoms with E-state index in [2.05, 4.69) is 4.99 Å². The maximum absolute atomic E-state index is 11.9. The highest BCUT2D eigenvalue weighted by atomic mass is 35.5. The van der Waals surface area contributed by atoms with Crippen LogP contribution in [0, 0.1) is 10.1 Å². The Bertz CT molecular complexity index is 913. The van der Waals surface area contributed by atoms with Gasteiger partial charge in [0.25, 0.3) is 5.69 Å². The first-order chi connectivity index (χ1) is 12.0. The molecule has 0 fully saturated rings. The van der Waals surface area contributed by atoms with Crippen LogP contribution in [0.5, 0.6) is 0 Å². The number of aliphatic imine (C=N–C) groups is 1. The summed E-state index contributed by atoms with van der Waals surface area (Å²) in [5, 5.41) is 11.3. The number of non-ortho nitro benzene ring substituents is 1. The van der Waals surface area contributed by atoms with Crippen molar-refractivity contribution in [2.75, 3.05) is 0 Å². The minimum absolute atomic E-state index is 0.0220. The molecule has 0 aromatic heterocycles. The lowest BCUT2D eigenvalue weighted by atomic mass is 10.2. The fraction of sp³-hybridized carbons (Fsp3) is 0. The van der Waals surface area contributed by atoms with Gasteiger partial charge in [0, 0.05) is 23.2 Å². The summed E-state index contributed by atoms with van der Waals surface area (Å²) in [6.45, 7) is 0. The molecule has 0 unspecified atom stereocenters. The number of nitrogens with zero attached hydrogens (tertiary/aromatic N) is 2. The average Bonchev–Trinajstić information content (AvgIpc) is 2.94. The Kier molecular flexibility index (Phi) is 4.72. The number of hydrogen-bond acceptors (Lipinski definition) is 5. The van der Waals surface area contributed by atoms with E-state index in [1.54, 1.807) is 24.3 Å². The smallest absolute Gasteiger partial charge is 0.363 e. The molecule has 2 aromatic carbocycles. The van der Waals surface area contributed by atoms with Crippen molar-refractivity contribution in [3.8, 4) is 0 Å². The van der Waals surface area contributed by atoms with Gasteiger partial charge in [0.1, 0.15) is 0 Å². The van der Waals surface area contributed by atoms with E-state index in [0.717, 1.165) is 5.56 Å². The van der Waals surface area contributed by atoms with Gasteiger partial charge in [-0.25, -0.2) is 9.79 Å². The summed E-state index contributed by atoms with van der Waals surface area (Å²) in [5.41, 5.74) is 1.61. The summed E-state index contributed by atoms with van der Waals surface area (Å²) in [6, 6.07) is 12.9. The number of cyclic esters (lactones) is 1. The Hall–Kier alpha value is -3.25. The fourth-order valence-electron chi connectivity index (χ4n) is 2.09. The zero-order valence-electron chi connectivity index (χ0n) is 12.8. The van der Waals surface area contributed by atoms with Crippen molar-refractivity contribution in [3.05, 3.63) is 86.6 Å². The van der Waals surface area contributed by atoms with Crippen LogP contribution < -0.4 is 0 Å². The van der Waals surface area contributed by atoms with E-state index < -0.39 is 10.9 Å². The second kappa shape index (κ2) is 7.11. The number of hydrogen-bond donors (Lipinski definition) is 0. The van der Waals surface area contributed by atoms with Crippen molar-refractivity contribution >= 4 is 41.3 Å². The molecule has 25 heavy (non-hydrogen) atoms. The topological polar surface area (TPSA) is 81.8 Å². The van der Waals surface area contributed by atoms with Crippen LogP contribution in [-0.4, -0.2) is 16.8 Å². The van der Waals surface area contributed by atoms with Gasteiger partial charge < -0.3 is 4.74 Å². The van der Waals surface area contributed by atoms with Crippen LogP contribution in [0.2, 0.25) is 5.02 Å². The van der Waals surface area contributed by atoms with Crippen molar-refractivity contribution < 1.29 is 14.5 Å². The Labute approximate surface area is 147 Å². The first kappa shape index (κ1) is 16.6. The average molecular weight is 355 g/mol. The van der Waals surface area contributed by atoms with Crippen molar-refractivity contribution in [2.45, 2.75) is 0 Å². The summed E-state index contributed by atoms with van der Waals surface area (Å²) in [4.78, 5) is 26.1. The molecule has 0 saturated heterocycles. The van der Waals surface area contributed by atoms with Gasteiger partial charge >= 0.3 is 5.97 Å². The minimum Gasteiger partial charge on any atom is -0.403 e. The number of ether oxygens (including phenoxy) is 1. The number of carbonyl (C=O) groups excluding carboxylic acids is 1. The highest BCUT2D eigenvalue weighted by molar-refractivity contribution is 6.30.